The summed E-state index contributed by atoms with van der Waals surface area (Å²) in [6, 6.07) is 6.68. The number of allylic oxidation sites excluding steroid dienone is 2. The minimum Gasteiger partial charge on any atom is -0.465 e. The van der Waals surface area contributed by atoms with Crippen LogP contribution in [0.4, 0.5) is 5.69 Å². The number of nitrogens with zero attached hydrogens (tertiary/aromatic N) is 3. The number of hydrogen-bond acceptors (Lipinski definition) is 5. The van der Waals surface area contributed by atoms with Crippen LogP contribution in [0.15, 0.2) is 47.4 Å². The topological polar surface area (TPSA) is 64.4 Å². The summed E-state index contributed by atoms with van der Waals surface area (Å²) >= 11 is 6.44. The van der Waals surface area contributed by atoms with E-state index in [2.05, 4.69) is 22.2 Å². The van der Waals surface area contributed by atoms with Crippen molar-refractivity contribution in [3.63, 3.8) is 0 Å². The van der Waals surface area contributed by atoms with Crippen LogP contribution in [0, 0.1) is 11.8 Å². The number of methoxy groups -OCH3 is 1. The van der Waals surface area contributed by atoms with Crippen LogP contribution in [0.25, 0.3) is 5.69 Å². The molecule has 1 aliphatic heterocycles. The summed E-state index contributed by atoms with van der Waals surface area (Å²) in [4.78, 5) is 27.1. The molecule has 1 fully saturated rings. The van der Waals surface area contributed by atoms with Crippen molar-refractivity contribution in [2.45, 2.75) is 12.8 Å². The number of para-hydroxylation sites is 1. The van der Waals surface area contributed by atoms with Gasteiger partial charge in [-0.15, -0.1) is 0 Å². The molecular formula is C20H20ClN3O3. The molecule has 1 aromatic carbocycles. The van der Waals surface area contributed by atoms with Crippen LogP contribution in [0.3, 0.4) is 0 Å². The molecule has 4 rings (SSSR count). The number of ether oxygens (including phenoxy) is 1. The number of aromatic nitrogens is 2. The van der Waals surface area contributed by atoms with Gasteiger partial charge in [0, 0.05) is 13.1 Å². The average molecular weight is 386 g/mol. The third kappa shape index (κ3) is 3.14. The molecule has 27 heavy (non-hydrogen) atoms. The lowest BCUT2D eigenvalue weighted by Crippen LogP contribution is -2.28. The molecule has 2 heterocycles. The van der Waals surface area contributed by atoms with E-state index in [-0.39, 0.29) is 10.6 Å². The normalized spacial score (nSPS) is 21.2. The molecule has 7 heteroatoms. The zero-order valence-corrected chi connectivity index (χ0v) is 15.7. The summed E-state index contributed by atoms with van der Waals surface area (Å²) in [5, 5.41) is 4.42. The SMILES string of the molecule is COC(=O)c1ccccc1-n1ncc(N2CC3CC=CCC3C2)c(Cl)c1=O. The third-order valence-corrected chi connectivity index (χ3v) is 5.75. The number of anilines is 1. The van der Waals surface area contributed by atoms with E-state index >= 15 is 0 Å². The molecular weight excluding hydrogens is 366 g/mol. The molecule has 0 bridgehead atoms. The molecule has 0 amide bonds. The highest BCUT2D eigenvalue weighted by molar-refractivity contribution is 6.33. The Kier molecular flexibility index (Phi) is 4.74. The first-order valence-electron chi connectivity index (χ1n) is 8.95. The van der Waals surface area contributed by atoms with Gasteiger partial charge in [-0.1, -0.05) is 35.9 Å². The molecule has 2 unspecified atom stereocenters. The summed E-state index contributed by atoms with van der Waals surface area (Å²) in [5.74, 6) is 0.651. The molecule has 1 aromatic heterocycles. The van der Waals surface area contributed by atoms with Gasteiger partial charge in [0.25, 0.3) is 5.56 Å². The van der Waals surface area contributed by atoms with Gasteiger partial charge in [-0.25, -0.2) is 4.79 Å². The number of esters is 1. The Hall–Kier alpha value is -2.60. The van der Waals surface area contributed by atoms with Crippen molar-refractivity contribution in [3.05, 3.63) is 63.6 Å². The van der Waals surface area contributed by atoms with E-state index in [9.17, 15) is 9.59 Å². The number of carbonyl (C=O) groups is 1. The fourth-order valence-electron chi connectivity index (χ4n) is 3.97. The largest absolute Gasteiger partial charge is 0.465 e. The predicted molar refractivity (Wildman–Crippen MR) is 104 cm³/mol. The van der Waals surface area contributed by atoms with E-state index in [1.807, 2.05) is 0 Å². The molecule has 0 saturated carbocycles. The first kappa shape index (κ1) is 17.8. The number of fused-ring (bicyclic) bond motifs is 1. The van der Waals surface area contributed by atoms with E-state index in [0.29, 0.717) is 23.2 Å². The second-order valence-corrected chi connectivity index (χ2v) is 7.32. The molecule has 1 saturated heterocycles. The smallest absolute Gasteiger partial charge is 0.340 e. The molecule has 140 valence electrons. The zero-order valence-electron chi connectivity index (χ0n) is 15.0. The Bertz CT molecular complexity index is 953. The lowest BCUT2D eigenvalue weighted by Gasteiger charge is -2.20. The molecule has 2 atom stereocenters. The lowest BCUT2D eigenvalue weighted by atomic mass is 9.86. The zero-order chi connectivity index (χ0) is 19.0. The van der Waals surface area contributed by atoms with Gasteiger partial charge in [0.15, 0.2) is 0 Å². The first-order chi connectivity index (χ1) is 13.1. The van der Waals surface area contributed by atoms with Crippen LogP contribution >= 0.6 is 11.6 Å². The van der Waals surface area contributed by atoms with Gasteiger partial charge >= 0.3 is 5.97 Å². The van der Waals surface area contributed by atoms with E-state index < -0.39 is 11.5 Å². The van der Waals surface area contributed by atoms with Crippen LogP contribution in [0.5, 0.6) is 0 Å². The van der Waals surface area contributed by atoms with Crippen molar-refractivity contribution in [2.75, 3.05) is 25.1 Å². The fourth-order valence-corrected chi connectivity index (χ4v) is 4.22. The summed E-state index contributed by atoms with van der Waals surface area (Å²) in [7, 11) is 1.30. The standard InChI is InChI=1S/C20H20ClN3O3/c1-27-20(26)15-8-4-5-9-16(15)24-19(25)18(21)17(10-22-24)23-11-13-6-2-3-7-14(13)12-23/h2-5,8-10,13-14H,6-7,11-12H2,1H3. The second kappa shape index (κ2) is 7.19. The van der Waals surface area contributed by atoms with Gasteiger partial charge in [0.1, 0.15) is 5.02 Å². The highest BCUT2D eigenvalue weighted by Gasteiger charge is 2.34. The van der Waals surface area contributed by atoms with Gasteiger partial charge in [-0.05, 0) is 36.8 Å². The summed E-state index contributed by atoms with van der Waals surface area (Å²) < 4.78 is 5.95. The van der Waals surface area contributed by atoms with Crippen LogP contribution in [0.2, 0.25) is 5.02 Å². The Labute approximate surface area is 162 Å². The average Bonchev–Trinajstić information content (AvgIpc) is 3.13. The predicted octanol–water partition coefficient (Wildman–Crippen LogP) is 3.07. The summed E-state index contributed by atoms with van der Waals surface area (Å²) in [6.45, 7) is 1.75. The van der Waals surface area contributed by atoms with E-state index in [1.165, 1.54) is 7.11 Å². The fraction of sp³-hybridized carbons (Fsp3) is 0.350. The van der Waals surface area contributed by atoms with Crippen molar-refractivity contribution in [3.8, 4) is 5.69 Å². The molecule has 1 aliphatic carbocycles. The molecule has 0 N–H and O–H groups in total. The highest BCUT2D eigenvalue weighted by Crippen LogP contribution is 2.36. The van der Waals surface area contributed by atoms with Crippen molar-refractivity contribution in [1.82, 2.24) is 9.78 Å². The number of benzene rings is 1. The summed E-state index contributed by atoms with van der Waals surface area (Å²) in [5.41, 5.74) is 0.820. The van der Waals surface area contributed by atoms with Gasteiger partial charge in [0.05, 0.1) is 30.2 Å². The van der Waals surface area contributed by atoms with E-state index in [1.54, 1.807) is 30.5 Å². The van der Waals surface area contributed by atoms with Crippen LogP contribution in [0.1, 0.15) is 23.2 Å². The molecule has 6 nitrogen and oxygen atoms in total. The van der Waals surface area contributed by atoms with Crippen molar-refractivity contribution in [1.29, 1.82) is 0 Å². The second-order valence-electron chi connectivity index (χ2n) is 6.94. The van der Waals surface area contributed by atoms with E-state index in [0.717, 1.165) is 30.6 Å². The van der Waals surface area contributed by atoms with Crippen LogP contribution in [-0.2, 0) is 4.74 Å². The Morgan fingerprint density at radius 3 is 2.48 bits per heavy atom. The monoisotopic (exact) mass is 385 g/mol. The molecule has 0 spiro atoms. The minimum absolute atomic E-state index is 0.122. The maximum atomic E-state index is 12.9. The maximum Gasteiger partial charge on any atom is 0.340 e. The number of carbonyl (C=O) groups excluding carboxylic acids is 1. The lowest BCUT2D eigenvalue weighted by molar-refractivity contribution is 0.0600. The number of halogens is 1. The number of hydrogen-bond donors (Lipinski definition) is 0. The highest BCUT2D eigenvalue weighted by atomic mass is 35.5. The minimum atomic E-state index is -0.532. The third-order valence-electron chi connectivity index (χ3n) is 5.40. The maximum absolute atomic E-state index is 12.9. The Morgan fingerprint density at radius 1 is 1.15 bits per heavy atom. The molecule has 2 aromatic rings. The number of rotatable bonds is 3. The van der Waals surface area contributed by atoms with Gasteiger partial charge in [0.2, 0.25) is 0 Å². The molecule has 0 radical (unpaired) electrons. The summed E-state index contributed by atoms with van der Waals surface area (Å²) in [6.07, 6.45) is 8.20. The van der Waals surface area contributed by atoms with Crippen LogP contribution < -0.4 is 10.5 Å². The van der Waals surface area contributed by atoms with Gasteiger partial charge in [-0.2, -0.15) is 9.78 Å². The molecule has 2 aliphatic rings. The van der Waals surface area contributed by atoms with Crippen molar-refractivity contribution < 1.29 is 9.53 Å². The van der Waals surface area contributed by atoms with E-state index in [4.69, 9.17) is 16.3 Å². The van der Waals surface area contributed by atoms with Gasteiger partial charge in [-0.3, -0.25) is 4.79 Å². The van der Waals surface area contributed by atoms with Crippen molar-refractivity contribution >= 4 is 23.3 Å². The Morgan fingerprint density at radius 2 is 1.81 bits per heavy atom. The first-order valence-corrected chi connectivity index (χ1v) is 9.33. The van der Waals surface area contributed by atoms with Gasteiger partial charge < -0.3 is 9.64 Å². The Balaban J connectivity index is 1.70. The van der Waals surface area contributed by atoms with Crippen LogP contribution in [-0.4, -0.2) is 35.9 Å². The quantitative estimate of drug-likeness (QED) is 0.600. The van der Waals surface area contributed by atoms with Crippen molar-refractivity contribution in [2.24, 2.45) is 11.8 Å².